The second-order valence-corrected chi connectivity index (χ2v) is 5.12. The first-order valence-corrected chi connectivity index (χ1v) is 7.21. The zero-order chi connectivity index (χ0) is 14.4. The van der Waals surface area contributed by atoms with E-state index in [1.807, 2.05) is 19.1 Å². The van der Waals surface area contributed by atoms with Crippen molar-refractivity contribution in [3.05, 3.63) is 42.5 Å². The fraction of sp³-hybridized carbons (Fsp3) is 0.353. The minimum absolute atomic E-state index is 0.104. The van der Waals surface area contributed by atoms with E-state index in [4.69, 9.17) is 0 Å². The van der Waals surface area contributed by atoms with Crippen molar-refractivity contribution >= 4 is 22.4 Å². The molecule has 0 spiro atoms. The monoisotopic (exact) mass is 270 g/mol. The molecular formula is C17H22N2O. The number of rotatable bonds is 6. The van der Waals surface area contributed by atoms with Crippen molar-refractivity contribution in [2.45, 2.75) is 32.7 Å². The standard InChI is InChI=1S/C17H22N2O/c1-3-13(2)19-17(20)10-11-18-16-9-8-14-6-4-5-7-15(14)12-16/h4-9,12-13,18H,3,10-11H2,1-2H3,(H,19,20). The van der Waals surface area contributed by atoms with Gasteiger partial charge in [-0.15, -0.1) is 0 Å². The molecule has 2 aromatic carbocycles. The Labute approximate surface area is 120 Å². The molecule has 2 aromatic rings. The smallest absolute Gasteiger partial charge is 0.221 e. The molecule has 0 aliphatic heterocycles. The van der Waals surface area contributed by atoms with Gasteiger partial charge in [-0.05, 0) is 36.2 Å². The second kappa shape index (κ2) is 6.94. The Kier molecular flexibility index (Phi) is 4.99. The summed E-state index contributed by atoms with van der Waals surface area (Å²) in [6, 6.07) is 14.8. The summed E-state index contributed by atoms with van der Waals surface area (Å²) in [7, 11) is 0. The van der Waals surface area contributed by atoms with Crippen LogP contribution < -0.4 is 10.6 Å². The summed E-state index contributed by atoms with van der Waals surface area (Å²) in [5.41, 5.74) is 1.06. The average Bonchev–Trinajstić information content (AvgIpc) is 2.47. The highest BCUT2D eigenvalue weighted by Gasteiger charge is 2.04. The predicted molar refractivity (Wildman–Crippen MR) is 85.0 cm³/mol. The van der Waals surface area contributed by atoms with Crippen molar-refractivity contribution < 1.29 is 4.79 Å². The third kappa shape index (κ3) is 3.98. The van der Waals surface area contributed by atoms with Crippen LogP contribution >= 0.6 is 0 Å². The van der Waals surface area contributed by atoms with Crippen LogP contribution in [0.2, 0.25) is 0 Å². The molecule has 1 atom stereocenters. The van der Waals surface area contributed by atoms with Crippen LogP contribution in [0.1, 0.15) is 26.7 Å². The Balaban J connectivity index is 1.85. The second-order valence-electron chi connectivity index (χ2n) is 5.12. The fourth-order valence-electron chi connectivity index (χ4n) is 2.07. The van der Waals surface area contributed by atoms with Crippen molar-refractivity contribution in [2.75, 3.05) is 11.9 Å². The maximum Gasteiger partial charge on any atom is 0.221 e. The Hall–Kier alpha value is -2.03. The number of amides is 1. The largest absolute Gasteiger partial charge is 0.385 e. The van der Waals surface area contributed by atoms with E-state index in [9.17, 15) is 4.79 Å². The number of benzene rings is 2. The lowest BCUT2D eigenvalue weighted by molar-refractivity contribution is -0.121. The van der Waals surface area contributed by atoms with Gasteiger partial charge in [-0.1, -0.05) is 37.3 Å². The van der Waals surface area contributed by atoms with E-state index in [0.29, 0.717) is 13.0 Å². The summed E-state index contributed by atoms with van der Waals surface area (Å²) in [5, 5.41) is 8.70. The summed E-state index contributed by atoms with van der Waals surface area (Å²) in [5.74, 6) is 0.104. The molecule has 20 heavy (non-hydrogen) atoms. The molecule has 0 radical (unpaired) electrons. The third-order valence-corrected chi connectivity index (χ3v) is 3.45. The van der Waals surface area contributed by atoms with E-state index < -0.39 is 0 Å². The highest BCUT2D eigenvalue weighted by atomic mass is 16.1. The van der Waals surface area contributed by atoms with Crippen LogP contribution in [0.3, 0.4) is 0 Å². The summed E-state index contributed by atoms with van der Waals surface area (Å²) in [6.45, 7) is 4.74. The van der Waals surface area contributed by atoms with E-state index in [1.54, 1.807) is 0 Å². The quantitative estimate of drug-likeness (QED) is 0.842. The maximum absolute atomic E-state index is 11.7. The van der Waals surface area contributed by atoms with Gasteiger partial charge in [-0.2, -0.15) is 0 Å². The summed E-state index contributed by atoms with van der Waals surface area (Å²) >= 11 is 0. The molecule has 106 valence electrons. The molecular weight excluding hydrogens is 248 g/mol. The van der Waals surface area contributed by atoms with E-state index in [-0.39, 0.29) is 11.9 Å². The number of carbonyl (C=O) groups is 1. The van der Waals surface area contributed by atoms with Gasteiger partial charge in [-0.3, -0.25) is 4.79 Å². The van der Waals surface area contributed by atoms with Crippen LogP contribution in [0.5, 0.6) is 0 Å². The number of hydrogen-bond acceptors (Lipinski definition) is 2. The lowest BCUT2D eigenvalue weighted by Gasteiger charge is -2.12. The molecule has 0 heterocycles. The number of anilines is 1. The van der Waals surface area contributed by atoms with Gasteiger partial charge >= 0.3 is 0 Å². The van der Waals surface area contributed by atoms with Gasteiger partial charge in [0.25, 0.3) is 0 Å². The van der Waals surface area contributed by atoms with E-state index >= 15 is 0 Å². The van der Waals surface area contributed by atoms with E-state index in [1.165, 1.54) is 10.8 Å². The molecule has 3 heteroatoms. The first-order chi connectivity index (χ1) is 9.69. The Morgan fingerprint density at radius 2 is 1.90 bits per heavy atom. The summed E-state index contributed by atoms with van der Waals surface area (Å²) in [4.78, 5) is 11.7. The topological polar surface area (TPSA) is 41.1 Å². The normalized spacial score (nSPS) is 12.1. The first kappa shape index (κ1) is 14.4. The number of fused-ring (bicyclic) bond motifs is 1. The molecule has 0 saturated heterocycles. The first-order valence-electron chi connectivity index (χ1n) is 7.21. The Morgan fingerprint density at radius 3 is 2.65 bits per heavy atom. The van der Waals surface area contributed by atoms with Gasteiger partial charge in [0, 0.05) is 24.7 Å². The zero-order valence-electron chi connectivity index (χ0n) is 12.1. The van der Waals surface area contributed by atoms with Crippen molar-refractivity contribution in [1.82, 2.24) is 5.32 Å². The molecule has 3 nitrogen and oxygen atoms in total. The van der Waals surface area contributed by atoms with Crippen LogP contribution in [-0.4, -0.2) is 18.5 Å². The van der Waals surface area contributed by atoms with Crippen molar-refractivity contribution in [2.24, 2.45) is 0 Å². The van der Waals surface area contributed by atoms with Crippen LogP contribution in [0.15, 0.2) is 42.5 Å². The molecule has 2 rings (SSSR count). The van der Waals surface area contributed by atoms with Crippen molar-refractivity contribution in [3.8, 4) is 0 Å². The molecule has 1 amide bonds. The van der Waals surface area contributed by atoms with Crippen LogP contribution in [0.25, 0.3) is 10.8 Å². The van der Waals surface area contributed by atoms with Gasteiger partial charge in [0.05, 0.1) is 0 Å². The van der Waals surface area contributed by atoms with Crippen LogP contribution in [0, 0.1) is 0 Å². The van der Waals surface area contributed by atoms with E-state index in [2.05, 4.69) is 47.9 Å². The summed E-state index contributed by atoms with van der Waals surface area (Å²) < 4.78 is 0. The Morgan fingerprint density at radius 1 is 1.15 bits per heavy atom. The van der Waals surface area contributed by atoms with Crippen LogP contribution in [-0.2, 0) is 4.79 Å². The lowest BCUT2D eigenvalue weighted by Crippen LogP contribution is -2.32. The average molecular weight is 270 g/mol. The molecule has 0 fully saturated rings. The van der Waals surface area contributed by atoms with Crippen molar-refractivity contribution in [1.29, 1.82) is 0 Å². The van der Waals surface area contributed by atoms with Gasteiger partial charge in [-0.25, -0.2) is 0 Å². The minimum atomic E-state index is 0.104. The maximum atomic E-state index is 11.7. The number of carbonyl (C=O) groups excluding carboxylic acids is 1. The molecule has 2 N–H and O–H groups in total. The molecule has 1 unspecified atom stereocenters. The molecule has 0 aromatic heterocycles. The Bertz CT molecular complexity index is 580. The third-order valence-electron chi connectivity index (χ3n) is 3.45. The molecule has 0 aliphatic rings. The lowest BCUT2D eigenvalue weighted by atomic mass is 10.1. The fourth-order valence-corrected chi connectivity index (χ4v) is 2.07. The van der Waals surface area contributed by atoms with Crippen LogP contribution in [0.4, 0.5) is 5.69 Å². The SMILES string of the molecule is CCC(C)NC(=O)CCNc1ccc2ccccc2c1. The highest BCUT2D eigenvalue weighted by molar-refractivity contribution is 5.85. The molecule has 0 bridgehead atoms. The minimum Gasteiger partial charge on any atom is -0.385 e. The summed E-state index contributed by atoms with van der Waals surface area (Å²) in [6.07, 6.45) is 1.46. The van der Waals surface area contributed by atoms with E-state index in [0.717, 1.165) is 12.1 Å². The predicted octanol–water partition coefficient (Wildman–Crippen LogP) is 3.56. The molecule has 0 saturated carbocycles. The number of nitrogens with one attached hydrogen (secondary N) is 2. The van der Waals surface area contributed by atoms with Gasteiger partial charge in [0.1, 0.15) is 0 Å². The van der Waals surface area contributed by atoms with Gasteiger partial charge in [0.2, 0.25) is 5.91 Å². The molecule has 0 aliphatic carbocycles. The number of hydrogen-bond donors (Lipinski definition) is 2. The van der Waals surface area contributed by atoms with Crippen molar-refractivity contribution in [3.63, 3.8) is 0 Å². The van der Waals surface area contributed by atoms with Gasteiger partial charge in [0.15, 0.2) is 0 Å². The highest BCUT2D eigenvalue weighted by Crippen LogP contribution is 2.18. The zero-order valence-corrected chi connectivity index (χ0v) is 12.1. The van der Waals surface area contributed by atoms with Gasteiger partial charge < -0.3 is 10.6 Å².